The fourth-order valence-electron chi connectivity index (χ4n) is 3.63. The fraction of sp³-hybridized carbons (Fsp3) is 1.00. The van der Waals surface area contributed by atoms with Gasteiger partial charge in [0.05, 0.1) is 0 Å². The standard InChI is InChI=1S/C24H52N2O3S/c1-3-5-7-9-11-13-15-17-19-21-23(25)28-30(27)29-24(26)22-20-18-16-14-12-10-8-6-4-2/h23-24H,3-22,25-26H2,1-2H3. The minimum Gasteiger partial charge on any atom is -0.305 e. The van der Waals surface area contributed by atoms with Crippen LogP contribution in [0.3, 0.4) is 0 Å². The second kappa shape index (κ2) is 23.6. The molecule has 0 aromatic rings. The maximum absolute atomic E-state index is 11.9. The van der Waals surface area contributed by atoms with Gasteiger partial charge in [-0.3, -0.25) is 0 Å². The van der Waals surface area contributed by atoms with E-state index in [1.807, 2.05) is 0 Å². The average Bonchev–Trinajstić information content (AvgIpc) is 2.71. The van der Waals surface area contributed by atoms with Gasteiger partial charge in [-0.1, -0.05) is 117 Å². The molecule has 0 aliphatic heterocycles. The first-order valence-corrected chi connectivity index (χ1v) is 13.9. The number of hydrogen-bond donors (Lipinski definition) is 2. The van der Waals surface area contributed by atoms with Crippen LogP contribution in [0, 0.1) is 0 Å². The van der Waals surface area contributed by atoms with Crippen molar-refractivity contribution in [2.24, 2.45) is 11.5 Å². The van der Waals surface area contributed by atoms with E-state index in [1.54, 1.807) is 0 Å². The van der Waals surface area contributed by atoms with Gasteiger partial charge in [-0.15, -0.1) is 0 Å². The van der Waals surface area contributed by atoms with Crippen molar-refractivity contribution < 1.29 is 12.6 Å². The molecule has 0 radical (unpaired) electrons. The summed E-state index contributed by atoms with van der Waals surface area (Å²) in [5.41, 5.74) is 11.8. The highest BCUT2D eigenvalue weighted by molar-refractivity contribution is 7.75. The molecular formula is C24H52N2O3S. The van der Waals surface area contributed by atoms with Gasteiger partial charge in [0, 0.05) is 0 Å². The van der Waals surface area contributed by atoms with Crippen LogP contribution in [0.2, 0.25) is 0 Å². The molecule has 0 spiro atoms. The Morgan fingerprint density at radius 1 is 0.533 bits per heavy atom. The van der Waals surface area contributed by atoms with Gasteiger partial charge in [-0.25, -0.2) is 8.37 Å². The number of unbranched alkanes of at least 4 members (excludes halogenated alkanes) is 16. The van der Waals surface area contributed by atoms with Gasteiger partial charge in [-0.05, 0) is 25.7 Å². The third-order valence-electron chi connectivity index (χ3n) is 5.59. The van der Waals surface area contributed by atoms with Crippen molar-refractivity contribution in [3.63, 3.8) is 0 Å². The average molecular weight is 449 g/mol. The van der Waals surface area contributed by atoms with Crippen molar-refractivity contribution >= 4 is 11.4 Å². The lowest BCUT2D eigenvalue weighted by Gasteiger charge is -2.15. The van der Waals surface area contributed by atoms with E-state index >= 15 is 0 Å². The van der Waals surface area contributed by atoms with Crippen molar-refractivity contribution in [1.29, 1.82) is 0 Å². The number of hydrogen-bond acceptors (Lipinski definition) is 5. The van der Waals surface area contributed by atoms with Crippen LogP contribution >= 0.6 is 0 Å². The van der Waals surface area contributed by atoms with Gasteiger partial charge in [-0.2, -0.15) is 4.21 Å². The van der Waals surface area contributed by atoms with E-state index in [0.717, 1.165) is 25.7 Å². The predicted molar refractivity (Wildman–Crippen MR) is 130 cm³/mol. The lowest BCUT2D eigenvalue weighted by atomic mass is 10.1. The summed E-state index contributed by atoms with van der Waals surface area (Å²) in [7, 11) is 0. The molecule has 0 aromatic carbocycles. The molecule has 6 heteroatoms. The summed E-state index contributed by atoms with van der Waals surface area (Å²) >= 11 is -1.86. The summed E-state index contributed by atoms with van der Waals surface area (Å²) in [5, 5.41) is 0. The molecular weight excluding hydrogens is 396 g/mol. The SMILES string of the molecule is CCCCCCCCCCCC(N)OS(=O)OC(N)CCCCCCCCCCC. The van der Waals surface area contributed by atoms with Crippen LogP contribution in [0.25, 0.3) is 0 Å². The van der Waals surface area contributed by atoms with Gasteiger partial charge in [0.25, 0.3) is 0 Å². The van der Waals surface area contributed by atoms with Crippen molar-refractivity contribution in [1.82, 2.24) is 0 Å². The molecule has 0 bridgehead atoms. The van der Waals surface area contributed by atoms with Gasteiger partial charge in [0.15, 0.2) is 0 Å². The van der Waals surface area contributed by atoms with E-state index in [2.05, 4.69) is 13.8 Å². The zero-order chi connectivity index (χ0) is 22.3. The van der Waals surface area contributed by atoms with Gasteiger partial charge in [0.2, 0.25) is 0 Å². The lowest BCUT2D eigenvalue weighted by molar-refractivity contribution is 0.140. The second-order valence-corrected chi connectivity index (χ2v) is 9.50. The molecule has 182 valence electrons. The van der Waals surface area contributed by atoms with E-state index in [0.29, 0.717) is 12.8 Å². The van der Waals surface area contributed by atoms with E-state index in [4.69, 9.17) is 19.8 Å². The van der Waals surface area contributed by atoms with Crippen LogP contribution in [0.1, 0.15) is 142 Å². The maximum Gasteiger partial charge on any atom is 0.307 e. The first-order valence-electron chi connectivity index (χ1n) is 12.9. The molecule has 0 aromatic heterocycles. The fourth-order valence-corrected chi connectivity index (χ4v) is 4.27. The van der Waals surface area contributed by atoms with E-state index < -0.39 is 23.8 Å². The molecule has 0 aliphatic rings. The quantitative estimate of drug-likeness (QED) is 0.122. The second-order valence-electron chi connectivity index (χ2n) is 8.71. The summed E-state index contributed by atoms with van der Waals surface area (Å²) in [6.45, 7) is 4.49. The Morgan fingerprint density at radius 3 is 1.10 bits per heavy atom. The molecule has 0 amide bonds. The molecule has 0 saturated carbocycles. The Kier molecular flexibility index (Phi) is 23.6. The van der Waals surface area contributed by atoms with Crippen LogP contribution in [0.4, 0.5) is 0 Å². The smallest absolute Gasteiger partial charge is 0.305 e. The van der Waals surface area contributed by atoms with Crippen molar-refractivity contribution in [3.8, 4) is 0 Å². The van der Waals surface area contributed by atoms with Crippen LogP contribution in [0.15, 0.2) is 0 Å². The highest BCUT2D eigenvalue weighted by Gasteiger charge is 2.13. The molecule has 2 unspecified atom stereocenters. The summed E-state index contributed by atoms with van der Waals surface area (Å²) < 4.78 is 22.4. The third kappa shape index (κ3) is 22.7. The van der Waals surface area contributed by atoms with Crippen LogP contribution in [0.5, 0.6) is 0 Å². The lowest BCUT2D eigenvalue weighted by Crippen LogP contribution is -2.30. The Morgan fingerprint density at radius 2 is 0.800 bits per heavy atom. The zero-order valence-electron chi connectivity index (χ0n) is 20.1. The van der Waals surface area contributed by atoms with Gasteiger partial charge in [0.1, 0.15) is 12.5 Å². The normalized spacial score (nSPS) is 14.7. The van der Waals surface area contributed by atoms with Crippen LogP contribution in [-0.2, 0) is 19.7 Å². The minimum atomic E-state index is -1.86. The number of rotatable bonds is 24. The van der Waals surface area contributed by atoms with E-state index in [1.165, 1.54) is 89.9 Å². The Labute approximate surface area is 190 Å². The summed E-state index contributed by atoms with van der Waals surface area (Å²) in [4.78, 5) is 0. The van der Waals surface area contributed by atoms with E-state index in [9.17, 15) is 4.21 Å². The Hall–Kier alpha value is -0.0100. The zero-order valence-corrected chi connectivity index (χ0v) is 20.9. The molecule has 0 rings (SSSR count). The first-order chi connectivity index (χ1) is 14.6. The highest BCUT2D eigenvalue weighted by Crippen LogP contribution is 2.13. The Bertz CT molecular complexity index is 340. The summed E-state index contributed by atoms with van der Waals surface area (Å²) in [6, 6.07) is 0. The van der Waals surface area contributed by atoms with Crippen molar-refractivity contribution in [3.05, 3.63) is 0 Å². The Balaban J connectivity index is 3.47. The first kappa shape index (κ1) is 30.0. The van der Waals surface area contributed by atoms with E-state index in [-0.39, 0.29) is 0 Å². The largest absolute Gasteiger partial charge is 0.307 e. The topological polar surface area (TPSA) is 87.6 Å². The molecule has 0 aliphatic carbocycles. The monoisotopic (exact) mass is 448 g/mol. The van der Waals surface area contributed by atoms with Crippen molar-refractivity contribution in [2.45, 2.75) is 155 Å². The molecule has 0 saturated heterocycles. The molecule has 0 heterocycles. The number of nitrogens with two attached hydrogens (primary N) is 2. The van der Waals surface area contributed by atoms with Crippen LogP contribution < -0.4 is 11.5 Å². The summed E-state index contributed by atoms with van der Waals surface area (Å²) in [5.74, 6) is 0. The summed E-state index contributed by atoms with van der Waals surface area (Å²) in [6.07, 6.45) is 23.1. The predicted octanol–water partition coefficient (Wildman–Crippen LogP) is 7.01. The highest BCUT2D eigenvalue weighted by atomic mass is 32.2. The molecule has 4 N–H and O–H groups in total. The molecule has 2 atom stereocenters. The van der Waals surface area contributed by atoms with Crippen molar-refractivity contribution in [2.75, 3.05) is 0 Å². The minimum absolute atomic E-state index is 0.546. The molecule has 5 nitrogen and oxygen atoms in total. The molecule has 0 fully saturated rings. The van der Waals surface area contributed by atoms with Gasteiger partial charge >= 0.3 is 11.4 Å². The van der Waals surface area contributed by atoms with Crippen LogP contribution in [-0.4, -0.2) is 16.7 Å². The maximum atomic E-state index is 11.9. The molecule has 30 heavy (non-hydrogen) atoms. The van der Waals surface area contributed by atoms with Gasteiger partial charge < -0.3 is 11.5 Å². The third-order valence-corrected chi connectivity index (χ3v) is 6.40.